The second-order valence-electron chi connectivity index (χ2n) is 3.29. The molecule has 0 saturated heterocycles. The van der Waals surface area contributed by atoms with Gasteiger partial charge in [0.15, 0.2) is 0 Å². The quantitative estimate of drug-likeness (QED) is 0.826. The summed E-state index contributed by atoms with van der Waals surface area (Å²) in [6, 6.07) is 8.49. The number of hydrogen-bond donors (Lipinski definition) is 1. The molecule has 0 saturated carbocycles. The number of anilines is 1. The van der Waals surface area contributed by atoms with Crippen LogP contribution in [0.15, 0.2) is 41.0 Å². The minimum atomic E-state index is -0.335. The Balaban J connectivity index is 2.19. The number of furan rings is 1. The third-order valence-electron chi connectivity index (χ3n) is 2.15. The van der Waals surface area contributed by atoms with E-state index in [1.807, 2.05) is 0 Å². The van der Waals surface area contributed by atoms with Crippen LogP contribution >= 0.6 is 11.6 Å². The van der Waals surface area contributed by atoms with E-state index in [2.05, 4.69) is 11.2 Å². The highest BCUT2D eigenvalue weighted by Gasteiger charge is 2.12. The van der Waals surface area contributed by atoms with E-state index in [9.17, 15) is 4.79 Å². The molecule has 0 unspecified atom stereocenters. The molecule has 0 bridgehead atoms. The van der Waals surface area contributed by atoms with E-state index in [0.29, 0.717) is 11.3 Å². The number of rotatable bonds is 2. The second kappa shape index (κ2) is 4.77. The normalized spacial score (nSPS) is 9.65. The van der Waals surface area contributed by atoms with E-state index in [1.54, 1.807) is 24.3 Å². The Morgan fingerprint density at radius 2 is 2.24 bits per heavy atom. The van der Waals surface area contributed by atoms with Crippen LogP contribution in [0.4, 0.5) is 5.69 Å². The van der Waals surface area contributed by atoms with Crippen molar-refractivity contribution in [3.63, 3.8) is 0 Å². The van der Waals surface area contributed by atoms with Crippen LogP contribution in [0.25, 0.3) is 0 Å². The SMILES string of the molecule is C#Cc1cccc(NC(=O)c2ccoc2Cl)c1. The molecule has 0 radical (unpaired) electrons. The lowest BCUT2D eigenvalue weighted by Crippen LogP contribution is -2.11. The summed E-state index contributed by atoms with van der Waals surface area (Å²) in [5, 5.41) is 2.75. The Morgan fingerprint density at radius 1 is 1.41 bits per heavy atom. The van der Waals surface area contributed by atoms with E-state index in [1.165, 1.54) is 12.3 Å². The highest BCUT2D eigenvalue weighted by atomic mass is 35.5. The van der Waals surface area contributed by atoms with Crippen molar-refractivity contribution in [2.75, 3.05) is 5.32 Å². The smallest absolute Gasteiger partial charge is 0.260 e. The third-order valence-corrected chi connectivity index (χ3v) is 2.44. The van der Waals surface area contributed by atoms with Gasteiger partial charge in [0.1, 0.15) is 0 Å². The van der Waals surface area contributed by atoms with E-state index in [4.69, 9.17) is 22.4 Å². The van der Waals surface area contributed by atoms with Crippen LogP contribution in [-0.2, 0) is 0 Å². The summed E-state index contributed by atoms with van der Waals surface area (Å²) in [6.07, 6.45) is 6.63. The van der Waals surface area contributed by atoms with Gasteiger partial charge >= 0.3 is 0 Å². The van der Waals surface area contributed by atoms with Crippen molar-refractivity contribution in [3.05, 3.63) is 52.9 Å². The molecular formula is C13H8ClNO2. The summed E-state index contributed by atoms with van der Waals surface area (Å²) in [5.41, 5.74) is 1.60. The number of terminal acetylenes is 1. The fraction of sp³-hybridized carbons (Fsp3) is 0. The second-order valence-corrected chi connectivity index (χ2v) is 3.63. The molecule has 1 N–H and O–H groups in total. The average Bonchev–Trinajstić information content (AvgIpc) is 2.76. The highest BCUT2D eigenvalue weighted by molar-refractivity contribution is 6.32. The maximum absolute atomic E-state index is 11.8. The third kappa shape index (κ3) is 2.49. The molecule has 1 heterocycles. The predicted octanol–water partition coefficient (Wildman–Crippen LogP) is 3.17. The molecule has 0 fully saturated rings. The van der Waals surface area contributed by atoms with Crippen molar-refractivity contribution in [1.29, 1.82) is 0 Å². The monoisotopic (exact) mass is 245 g/mol. The maximum Gasteiger partial charge on any atom is 0.260 e. The molecule has 2 aromatic rings. The zero-order chi connectivity index (χ0) is 12.3. The molecule has 0 atom stereocenters. The van der Waals surface area contributed by atoms with Crippen molar-refractivity contribution in [1.82, 2.24) is 0 Å². The zero-order valence-corrected chi connectivity index (χ0v) is 9.49. The molecule has 17 heavy (non-hydrogen) atoms. The van der Waals surface area contributed by atoms with Crippen LogP contribution < -0.4 is 5.32 Å². The van der Waals surface area contributed by atoms with Gasteiger partial charge in [-0.1, -0.05) is 12.0 Å². The fourth-order valence-electron chi connectivity index (χ4n) is 1.34. The molecule has 0 aliphatic carbocycles. The molecule has 4 heteroatoms. The first-order valence-corrected chi connectivity index (χ1v) is 5.19. The van der Waals surface area contributed by atoms with Gasteiger partial charge in [-0.2, -0.15) is 0 Å². The van der Waals surface area contributed by atoms with Gasteiger partial charge in [0.25, 0.3) is 5.91 Å². The summed E-state index contributed by atoms with van der Waals surface area (Å²) < 4.78 is 4.84. The molecule has 3 nitrogen and oxygen atoms in total. The molecule has 84 valence electrons. The molecule has 2 rings (SSSR count). The first kappa shape index (κ1) is 11.3. The lowest BCUT2D eigenvalue weighted by Gasteiger charge is -2.04. The molecule has 0 aliphatic heterocycles. The van der Waals surface area contributed by atoms with Crippen molar-refractivity contribution < 1.29 is 9.21 Å². The largest absolute Gasteiger partial charge is 0.452 e. The molecule has 1 aromatic heterocycles. The molecule has 0 aliphatic rings. The lowest BCUT2D eigenvalue weighted by molar-refractivity contribution is 0.102. The van der Waals surface area contributed by atoms with Gasteiger partial charge in [0, 0.05) is 11.3 Å². The average molecular weight is 246 g/mol. The van der Waals surface area contributed by atoms with E-state index < -0.39 is 0 Å². The number of hydrogen-bond acceptors (Lipinski definition) is 2. The van der Waals surface area contributed by atoms with Crippen molar-refractivity contribution in [2.45, 2.75) is 0 Å². The number of carbonyl (C=O) groups excluding carboxylic acids is 1. The minimum Gasteiger partial charge on any atom is -0.452 e. The van der Waals surface area contributed by atoms with Crippen LogP contribution in [0, 0.1) is 12.3 Å². The minimum absolute atomic E-state index is 0.0654. The Kier molecular flexibility index (Phi) is 3.17. The Hall–Kier alpha value is -2.18. The van der Waals surface area contributed by atoms with Crippen molar-refractivity contribution in [2.24, 2.45) is 0 Å². The van der Waals surface area contributed by atoms with E-state index >= 15 is 0 Å². The molecular weight excluding hydrogens is 238 g/mol. The lowest BCUT2D eigenvalue weighted by atomic mass is 10.2. The number of nitrogens with one attached hydrogen (secondary N) is 1. The molecule has 1 aromatic carbocycles. The summed E-state index contributed by atoms with van der Waals surface area (Å²) in [5.74, 6) is 2.16. The van der Waals surface area contributed by atoms with Gasteiger partial charge in [0.2, 0.25) is 5.22 Å². The zero-order valence-electron chi connectivity index (χ0n) is 8.74. The summed E-state index contributed by atoms with van der Waals surface area (Å²) in [4.78, 5) is 11.8. The first-order chi connectivity index (χ1) is 8.20. The van der Waals surface area contributed by atoms with Gasteiger partial charge in [0.05, 0.1) is 11.8 Å². The topological polar surface area (TPSA) is 42.2 Å². The van der Waals surface area contributed by atoms with Crippen LogP contribution in [0.2, 0.25) is 5.22 Å². The fourth-order valence-corrected chi connectivity index (χ4v) is 1.54. The van der Waals surface area contributed by atoms with E-state index in [0.717, 1.165) is 0 Å². The number of carbonyl (C=O) groups is 1. The summed E-state index contributed by atoms with van der Waals surface area (Å²) >= 11 is 5.70. The van der Waals surface area contributed by atoms with Gasteiger partial charge < -0.3 is 9.73 Å². The van der Waals surface area contributed by atoms with Gasteiger partial charge in [-0.3, -0.25) is 4.79 Å². The van der Waals surface area contributed by atoms with Crippen LogP contribution in [0.5, 0.6) is 0 Å². The molecule has 0 spiro atoms. The number of amides is 1. The summed E-state index contributed by atoms with van der Waals surface area (Å²) in [6.45, 7) is 0. The maximum atomic E-state index is 11.8. The van der Waals surface area contributed by atoms with Crippen LogP contribution in [-0.4, -0.2) is 5.91 Å². The van der Waals surface area contributed by atoms with E-state index in [-0.39, 0.29) is 16.7 Å². The molecule has 1 amide bonds. The first-order valence-electron chi connectivity index (χ1n) is 4.81. The Bertz CT molecular complexity index is 595. The van der Waals surface area contributed by atoms with Crippen LogP contribution in [0.3, 0.4) is 0 Å². The number of benzene rings is 1. The van der Waals surface area contributed by atoms with Gasteiger partial charge in [-0.25, -0.2) is 0 Å². The highest BCUT2D eigenvalue weighted by Crippen LogP contribution is 2.18. The van der Waals surface area contributed by atoms with Crippen molar-refractivity contribution >= 4 is 23.2 Å². The number of halogens is 1. The summed E-state index contributed by atoms with van der Waals surface area (Å²) in [7, 11) is 0. The predicted molar refractivity (Wildman–Crippen MR) is 66.0 cm³/mol. The van der Waals surface area contributed by atoms with Gasteiger partial charge in [-0.15, -0.1) is 6.42 Å². The van der Waals surface area contributed by atoms with Crippen LogP contribution in [0.1, 0.15) is 15.9 Å². The van der Waals surface area contributed by atoms with Gasteiger partial charge in [-0.05, 0) is 35.9 Å². The Labute approximate surface area is 103 Å². The standard InChI is InChI=1S/C13H8ClNO2/c1-2-9-4-3-5-10(8-9)15-13(16)11-6-7-17-12(11)14/h1,3-8H,(H,15,16). The Morgan fingerprint density at radius 3 is 2.88 bits per heavy atom. The van der Waals surface area contributed by atoms with Crippen molar-refractivity contribution in [3.8, 4) is 12.3 Å².